The van der Waals surface area contributed by atoms with Gasteiger partial charge in [-0.2, -0.15) is 0 Å². The van der Waals surface area contributed by atoms with E-state index in [1.165, 1.54) is 12.8 Å². The molecule has 0 spiro atoms. The minimum atomic E-state index is 0.130. The Morgan fingerprint density at radius 1 is 1.60 bits per heavy atom. The van der Waals surface area contributed by atoms with Gasteiger partial charge < -0.3 is 5.73 Å². The maximum atomic E-state index is 5.69. The Morgan fingerprint density at radius 2 is 2.30 bits per heavy atom. The van der Waals surface area contributed by atoms with E-state index in [1.807, 2.05) is 0 Å². The maximum absolute atomic E-state index is 5.69. The zero-order valence-electron chi connectivity index (χ0n) is 6.56. The van der Waals surface area contributed by atoms with Gasteiger partial charge in [0, 0.05) is 5.92 Å². The standard InChI is InChI=1S/C9H15N/c1-2-3-9(10)7-6-8-4-5-8/h8-9H,2-5,10H2,1H3. The summed E-state index contributed by atoms with van der Waals surface area (Å²) in [4.78, 5) is 0. The number of hydrogen-bond acceptors (Lipinski definition) is 1. The van der Waals surface area contributed by atoms with Crippen molar-refractivity contribution in [1.29, 1.82) is 0 Å². The highest BCUT2D eigenvalue weighted by Gasteiger charge is 2.17. The van der Waals surface area contributed by atoms with Crippen molar-refractivity contribution < 1.29 is 0 Å². The van der Waals surface area contributed by atoms with Crippen LogP contribution in [0.2, 0.25) is 0 Å². The molecule has 1 heteroatoms. The highest BCUT2D eigenvalue weighted by molar-refractivity contribution is 5.13. The minimum Gasteiger partial charge on any atom is -0.318 e. The molecule has 0 aromatic carbocycles. The number of hydrogen-bond donors (Lipinski definition) is 1. The van der Waals surface area contributed by atoms with Crippen molar-refractivity contribution in [3.63, 3.8) is 0 Å². The second-order valence-electron chi connectivity index (χ2n) is 2.96. The third-order valence-corrected chi connectivity index (χ3v) is 1.65. The van der Waals surface area contributed by atoms with Crippen LogP contribution in [0.3, 0.4) is 0 Å². The van der Waals surface area contributed by atoms with Crippen molar-refractivity contribution in [3.05, 3.63) is 0 Å². The molecule has 1 fully saturated rings. The van der Waals surface area contributed by atoms with Gasteiger partial charge in [-0.05, 0) is 19.3 Å². The second kappa shape index (κ2) is 3.63. The predicted octanol–water partition coefficient (Wildman–Crippen LogP) is 1.53. The Bertz CT molecular complexity index is 148. The van der Waals surface area contributed by atoms with Crippen molar-refractivity contribution in [3.8, 4) is 11.8 Å². The topological polar surface area (TPSA) is 26.0 Å². The molecule has 0 aromatic heterocycles. The van der Waals surface area contributed by atoms with Crippen molar-refractivity contribution in [2.75, 3.05) is 0 Å². The summed E-state index contributed by atoms with van der Waals surface area (Å²) in [7, 11) is 0. The Kier molecular flexibility index (Phi) is 2.77. The lowest BCUT2D eigenvalue weighted by Gasteiger charge is -1.97. The van der Waals surface area contributed by atoms with Gasteiger partial charge in [-0.1, -0.05) is 25.2 Å². The Morgan fingerprint density at radius 3 is 2.80 bits per heavy atom. The van der Waals surface area contributed by atoms with Crippen LogP contribution in [0.15, 0.2) is 0 Å². The molecule has 0 bridgehead atoms. The fourth-order valence-corrected chi connectivity index (χ4v) is 0.836. The molecule has 1 rings (SSSR count). The van der Waals surface area contributed by atoms with Gasteiger partial charge in [-0.25, -0.2) is 0 Å². The minimum absolute atomic E-state index is 0.130. The van der Waals surface area contributed by atoms with Crippen LogP contribution < -0.4 is 5.73 Å². The summed E-state index contributed by atoms with van der Waals surface area (Å²) in [6.45, 7) is 2.14. The zero-order valence-corrected chi connectivity index (χ0v) is 6.56. The molecule has 0 amide bonds. The van der Waals surface area contributed by atoms with Gasteiger partial charge in [0.2, 0.25) is 0 Å². The molecule has 1 nitrogen and oxygen atoms in total. The summed E-state index contributed by atoms with van der Waals surface area (Å²) in [6, 6.07) is 0.130. The van der Waals surface area contributed by atoms with Gasteiger partial charge in [0.15, 0.2) is 0 Å². The molecule has 1 unspecified atom stereocenters. The van der Waals surface area contributed by atoms with E-state index in [0.29, 0.717) is 5.92 Å². The van der Waals surface area contributed by atoms with Gasteiger partial charge in [0.05, 0.1) is 6.04 Å². The zero-order chi connectivity index (χ0) is 7.40. The van der Waals surface area contributed by atoms with Crippen molar-refractivity contribution in [1.82, 2.24) is 0 Å². The third kappa shape index (κ3) is 2.89. The van der Waals surface area contributed by atoms with Gasteiger partial charge in [-0.3, -0.25) is 0 Å². The molecule has 56 valence electrons. The van der Waals surface area contributed by atoms with Crippen LogP contribution in [0.4, 0.5) is 0 Å². The van der Waals surface area contributed by atoms with Crippen LogP contribution in [-0.4, -0.2) is 6.04 Å². The summed E-state index contributed by atoms with van der Waals surface area (Å²) < 4.78 is 0. The molecule has 0 aliphatic heterocycles. The lowest BCUT2D eigenvalue weighted by atomic mass is 10.2. The molecule has 1 aliphatic carbocycles. The van der Waals surface area contributed by atoms with E-state index in [1.54, 1.807) is 0 Å². The molecule has 0 aromatic rings. The van der Waals surface area contributed by atoms with E-state index >= 15 is 0 Å². The van der Waals surface area contributed by atoms with Gasteiger partial charge >= 0.3 is 0 Å². The molecule has 1 aliphatic rings. The highest BCUT2D eigenvalue weighted by Crippen LogP contribution is 2.27. The summed E-state index contributed by atoms with van der Waals surface area (Å²) in [5, 5.41) is 0. The third-order valence-electron chi connectivity index (χ3n) is 1.65. The monoisotopic (exact) mass is 137 g/mol. The molecule has 0 heterocycles. The van der Waals surface area contributed by atoms with Crippen LogP contribution in [-0.2, 0) is 0 Å². The first-order valence-electron chi connectivity index (χ1n) is 4.09. The fraction of sp³-hybridized carbons (Fsp3) is 0.778. The smallest absolute Gasteiger partial charge is 0.0664 e. The van der Waals surface area contributed by atoms with E-state index < -0.39 is 0 Å². The first-order chi connectivity index (χ1) is 4.83. The number of nitrogens with two attached hydrogens (primary N) is 1. The summed E-state index contributed by atoms with van der Waals surface area (Å²) in [6.07, 6.45) is 4.78. The van der Waals surface area contributed by atoms with Crippen LogP contribution in [0.5, 0.6) is 0 Å². The second-order valence-corrected chi connectivity index (χ2v) is 2.96. The van der Waals surface area contributed by atoms with Crippen LogP contribution in [0.1, 0.15) is 32.6 Å². The molecule has 2 N–H and O–H groups in total. The van der Waals surface area contributed by atoms with Crippen LogP contribution in [0, 0.1) is 17.8 Å². The van der Waals surface area contributed by atoms with E-state index in [9.17, 15) is 0 Å². The fourth-order valence-electron chi connectivity index (χ4n) is 0.836. The maximum Gasteiger partial charge on any atom is 0.0664 e. The summed E-state index contributed by atoms with van der Waals surface area (Å²) in [5.41, 5.74) is 5.69. The first kappa shape index (κ1) is 7.63. The Hall–Kier alpha value is -0.480. The summed E-state index contributed by atoms with van der Waals surface area (Å²) in [5.74, 6) is 6.94. The van der Waals surface area contributed by atoms with Gasteiger partial charge in [0.25, 0.3) is 0 Å². The van der Waals surface area contributed by atoms with Crippen molar-refractivity contribution in [2.45, 2.75) is 38.6 Å². The number of rotatable bonds is 2. The first-order valence-corrected chi connectivity index (χ1v) is 4.09. The molecule has 1 atom stereocenters. The lowest BCUT2D eigenvalue weighted by molar-refractivity contribution is 0.719. The molecule has 0 saturated heterocycles. The quantitative estimate of drug-likeness (QED) is 0.574. The molecule has 10 heavy (non-hydrogen) atoms. The Balaban J connectivity index is 2.16. The molecule has 1 saturated carbocycles. The van der Waals surface area contributed by atoms with E-state index in [0.717, 1.165) is 12.8 Å². The average Bonchev–Trinajstić information content (AvgIpc) is 2.67. The van der Waals surface area contributed by atoms with Gasteiger partial charge in [-0.15, -0.1) is 0 Å². The highest BCUT2D eigenvalue weighted by atomic mass is 14.6. The molecular formula is C9H15N. The molecular weight excluding hydrogens is 122 g/mol. The van der Waals surface area contributed by atoms with Crippen LogP contribution >= 0.6 is 0 Å². The largest absolute Gasteiger partial charge is 0.318 e. The van der Waals surface area contributed by atoms with E-state index in [4.69, 9.17) is 5.73 Å². The summed E-state index contributed by atoms with van der Waals surface area (Å²) >= 11 is 0. The van der Waals surface area contributed by atoms with E-state index in [2.05, 4.69) is 18.8 Å². The van der Waals surface area contributed by atoms with Crippen molar-refractivity contribution in [2.24, 2.45) is 11.7 Å². The Labute approximate surface area is 63.0 Å². The van der Waals surface area contributed by atoms with Crippen LogP contribution in [0.25, 0.3) is 0 Å². The van der Waals surface area contributed by atoms with Gasteiger partial charge in [0.1, 0.15) is 0 Å². The SMILES string of the molecule is CCCC(N)C#CC1CC1. The average molecular weight is 137 g/mol. The van der Waals surface area contributed by atoms with Crippen molar-refractivity contribution >= 4 is 0 Å². The predicted molar refractivity (Wildman–Crippen MR) is 43.4 cm³/mol. The lowest BCUT2D eigenvalue weighted by Crippen LogP contribution is -2.16. The normalized spacial score (nSPS) is 19.4. The van der Waals surface area contributed by atoms with E-state index in [-0.39, 0.29) is 6.04 Å². The molecule has 0 radical (unpaired) electrons.